The molecule has 1 aromatic carbocycles. The molecule has 1 fully saturated rings. The van der Waals surface area contributed by atoms with Crippen LogP contribution in [0.5, 0.6) is 0 Å². The molecule has 136 valence electrons. The van der Waals surface area contributed by atoms with Crippen molar-refractivity contribution in [1.82, 2.24) is 9.80 Å². The average Bonchev–Trinajstić information content (AvgIpc) is 2.61. The Bertz CT molecular complexity index is 675. The second-order valence-electron chi connectivity index (χ2n) is 6.00. The largest absolute Gasteiger partial charge is 0.481 e. The highest BCUT2D eigenvalue weighted by Gasteiger charge is 2.28. The maximum atomic E-state index is 12.6. The molecule has 1 aliphatic rings. The summed E-state index contributed by atoms with van der Waals surface area (Å²) in [5.41, 5.74) is 0.369. The minimum Gasteiger partial charge on any atom is -0.481 e. The minimum atomic E-state index is -0.817. The van der Waals surface area contributed by atoms with E-state index in [-0.39, 0.29) is 18.4 Å². The molecular formula is C17H21ClN2O4S. The van der Waals surface area contributed by atoms with E-state index in [4.69, 9.17) is 16.7 Å². The summed E-state index contributed by atoms with van der Waals surface area (Å²) in [4.78, 5) is 39.8. The molecule has 0 atom stereocenters. The van der Waals surface area contributed by atoms with Crippen molar-refractivity contribution in [2.45, 2.75) is 17.7 Å². The van der Waals surface area contributed by atoms with Gasteiger partial charge in [0, 0.05) is 25.0 Å². The van der Waals surface area contributed by atoms with Crippen LogP contribution < -0.4 is 0 Å². The van der Waals surface area contributed by atoms with Gasteiger partial charge in [-0.1, -0.05) is 11.6 Å². The number of thioether (sulfide) groups is 1. The van der Waals surface area contributed by atoms with Crippen molar-refractivity contribution >= 4 is 41.1 Å². The summed E-state index contributed by atoms with van der Waals surface area (Å²) in [6.45, 7) is 0.748. The first kappa shape index (κ1) is 19.6. The van der Waals surface area contributed by atoms with E-state index in [0.29, 0.717) is 36.5 Å². The smallest absolute Gasteiger partial charge is 0.306 e. The number of carbonyl (C=O) groups is 3. The lowest BCUT2D eigenvalue weighted by Gasteiger charge is -2.31. The van der Waals surface area contributed by atoms with Crippen LogP contribution in [0.25, 0.3) is 0 Å². The third-order valence-electron chi connectivity index (χ3n) is 4.32. The molecule has 1 aromatic rings. The molecule has 0 saturated carbocycles. The van der Waals surface area contributed by atoms with Gasteiger partial charge in [-0.3, -0.25) is 14.4 Å². The van der Waals surface area contributed by atoms with Crippen LogP contribution in [0.4, 0.5) is 0 Å². The summed E-state index contributed by atoms with van der Waals surface area (Å²) in [5.74, 6) is -1.70. The topological polar surface area (TPSA) is 77.9 Å². The molecule has 0 aliphatic carbocycles. The fourth-order valence-corrected chi connectivity index (χ4v) is 3.39. The van der Waals surface area contributed by atoms with Crippen molar-refractivity contribution in [3.8, 4) is 0 Å². The van der Waals surface area contributed by atoms with E-state index in [1.807, 2.05) is 12.3 Å². The molecule has 8 heteroatoms. The van der Waals surface area contributed by atoms with E-state index < -0.39 is 11.9 Å². The Hall–Kier alpha value is -1.73. The summed E-state index contributed by atoms with van der Waals surface area (Å²) in [6, 6.07) is 5.23. The van der Waals surface area contributed by atoms with Crippen LogP contribution in [0.2, 0.25) is 5.02 Å². The Balaban J connectivity index is 1.97. The molecule has 2 amide bonds. The highest BCUT2D eigenvalue weighted by atomic mass is 35.5. The van der Waals surface area contributed by atoms with Crippen LogP contribution >= 0.6 is 23.4 Å². The molecule has 0 spiro atoms. The fourth-order valence-electron chi connectivity index (χ4n) is 2.75. The van der Waals surface area contributed by atoms with E-state index in [0.717, 1.165) is 4.90 Å². The number of carboxylic acid groups (broad SMARTS) is 1. The number of hydrogen-bond donors (Lipinski definition) is 1. The number of likely N-dealkylation sites (N-methyl/N-ethyl adjacent to an activating group) is 1. The average molecular weight is 385 g/mol. The first-order valence-electron chi connectivity index (χ1n) is 7.93. The van der Waals surface area contributed by atoms with Gasteiger partial charge in [-0.15, -0.1) is 11.8 Å². The van der Waals surface area contributed by atoms with Gasteiger partial charge in [-0.2, -0.15) is 0 Å². The van der Waals surface area contributed by atoms with E-state index in [1.54, 1.807) is 24.1 Å². The molecule has 1 aliphatic heterocycles. The third-order valence-corrected chi connectivity index (χ3v) is 5.37. The van der Waals surface area contributed by atoms with Crippen LogP contribution in [-0.2, 0) is 9.59 Å². The van der Waals surface area contributed by atoms with Crippen molar-refractivity contribution in [1.29, 1.82) is 0 Å². The van der Waals surface area contributed by atoms with Gasteiger partial charge >= 0.3 is 5.97 Å². The lowest BCUT2D eigenvalue weighted by molar-refractivity contribution is -0.145. The Morgan fingerprint density at radius 2 is 1.96 bits per heavy atom. The number of amides is 2. The summed E-state index contributed by atoms with van der Waals surface area (Å²) < 4.78 is 0. The number of piperidine rings is 1. The van der Waals surface area contributed by atoms with Gasteiger partial charge in [0.25, 0.3) is 5.91 Å². The van der Waals surface area contributed by atoms with E-state index in [2.05, 4.69) is 0 Å². The summed E-state index contributed by atoms with van der Waals surface area (Å²) >= 11 is 7.62. The zero-order valence-electron chi connectivity index (χ0n) is 14.2. The number of carboxylic acids is 1. The lowest BCUT2D eigenvalue weighted by atomic mass is 9.97. The predicted octanol–water partition coefficient (Wildman–Crippen LogP) is 2.46. The van der Waals surface area contributed by atoms with Gasteiger partial charge in [-0.05, 0) is 37.3 Å². The third kappa shape index (κ3) is 4.89. The Morgan fingerprint density at radius 1 is 1.32 bits per heavy atom. The van der Waals surface area contributed by atoms with Crippen LogP contribution in [0, 0.1) is 5.92 Å². The Labute approximate surface area is 156 Å². The van der Waals surface area contributed by atoms with E-state index in [1.165, 1.54) is 16.7 Å². The summed E-state index contributed by atoms with van der Waals surface area (Å²) in [5, 5.41) is 9.36. The molecule has 1 heterocycles. The maximum Gasteiger partial charge on any atom is 0.306 e. The zero-order valence-corrected chi connectivity index (χ0v) is 15.8. The lowest BCUT2D eigenvalue weighted by Crippen LogP contribution is -2.45. The number of hydrogen-bond acceptors (Lipinski definition) is 4. The van der Waals surface area contributed by atoms with Crippen molar-refractivity contribution < 1.29 is 19.5 Å². The first-order chi connectivity index (χ1) is 11.8. The fraction of sp³-hybridized carbons (Fsp3) is 0.471. The molecule has 25 heavy (non-hydrogen) atoms. The maximum absolute atomic E-state index is 12.6. The quantitative estimate of drug-likeness (QED) is 0.789. The normalized spacial score (nSPS) is 15.1. The molecule has 0 radical (unpaired) electrons. The van der Waals surface area contributed by atoms with Gasteiger partial charge < -0.3 is 14.9 Å². The highest BCUT2D eigenvalue weighted by molar-refractivity contribution is 7.98. The number of rotatable bonds is 5. The van der Waals surface area contributed by atoms with Crippen molar-refractivity contribution in [3.05, 3.63) is 28.8 Å². The standard InChI is InChI=1S/C17H21ClN2O4S/c1-19(16(22)13-9-12(25-2)3-4-14(13)18)10-15(21)20-7-5-11(6-8-20)17(23)24/h3-4,9,11H,5-8,10H2,1-2H3,(H,23,24). The molecule has 1 N–H and O–H groups in total. The van der Waals surface area contributed by atoms with Crippen LogP contribution in [0.1, 0.15) is 23.2 Å². The van der Waals surface area contributed by atoms with Gasteiger partial charge in [0.1, 0.15) is 0 Å². The molecule has 6 nitrogen and oxygen atoms in total. The molecule has 1 saturated heterocycles. The monoisotopic (exact) mass is 384 g/mol. The van der Waals surface area contributed by atoms with Crippen molar-refractivity contribution in [2.75, 3.05) is 32.9 Å². The molecule has 2 rings (SSSR count). The van der Waals surface area contributed by atoms with Gasteiger partial charge in [0.05, 0.1) is 23.0 Å². The number of halogens is 1. The van der Waals surface area contributed by atoms with Crippen LogP contribution in [-0.4, -0.2) is 65.6 Å². The molecule has 0 aromatic heterocycles. The predicted molar refractivity (Wildman–Crippen MR) is 97.1 cm³/mol. The number of benzene rings is 1. The molecule has 0 bridgehead atoms. The number of carbonyl (C=O) groups excluding carboxylic acids is 2. The van der Waals surface area contributed by atoms with Gasteiger partial charge in [0.15, 0.2) is 0 Å². The Morgan fingerprint density at radius 3 is 2.52 bits per heavy atom. The van der Waals surface area contributed by atoms with Crippen LogP contribution in [0.3, 0.4) is 0 Å². The highest BCUT2D eigenvalue weighted by Crippen LogP contribution is 2.24. The van der Waals surface area contributed by atoms with Gasteiger partial charge in [0.2, 0.25) is 5.91 Å². The first-order valence-corrected chi connectivity index (χ1v) is 9.53. The second kappa shape index (κ2) is 8.58. The Kier molecular flexibility index (Phi) is 6.72. The van der Waals surface area contributed by atoms with Crippen molar-refractivity contribution in [3.63, 3.8) is 0 Å². The minimum absolute atomic E-state index is 0.0591. The second-order valence-corrected chi connectivity index (χ2v) is 7.29. The van der Waals surface area contributed by atoms with E-state index in [9.17, 15) is 14.4 Å². The van der Waals surface area contributed by atoms with Crippen LogP contribution in [0.15, 0.2) is 23.1 Å². The molecular weight excluding hydrogens is 364 g/mol. The van der Waals surface area contributed by atoms with Gasteiger partial charge in [-0.25, -0.2) is 0 Å². The number of nitrogens with zero attached hydrogens (tertiary/aromatic N) is 2. The molecule has 0 unspecified atom stereocenters. The van der Waals surface area contributed by atoms with E-state index >= 15 is 0 Å². The zero-order chi connectivity index (χ0) is 18.6. The number of likely N-dealkylation sites (tertiary alicyclic amines) is 1. The van der Waals surface area contributed by atoms with Crippen molar-refractivity contribution in [2.24, 2.45) is 5.92 Å². The summed E-state index contributed by atoms with van der Waals surface area (Å²) in [7, 11) is 1.56. The summed E-state index contributed by atoms with van der Waals surface area (Å²) in [6.07, 6.45) is 2.80. The SMILES string of the molecule is CSc1ccc(Cl)c(C(=O)N(C)CC(=O)N2CCC(C(=O)O)CC2)c1. The number of aliphatic carboxylic acids is 1.